The summed E-state index contributed by atoms with van der Waals surface area (Å²) in [6, 6.07) is 6.12. The molecule has 10 heteroatoms. The molecule has 0 atom stereocenters. The quantitative estimate of drug-likeness (QED) is 0.785. The monoisotopic (exact) mass is 397 g/mol. The molecule has 0 aromatic heterocycles. The number of sulfonamides is 1. The van der Waals surface area contributed by atoms with E-state index in [0.717, 1.165) is 5.56 Å². The average molecular weight is 397 g/mol. The van der Waals surface area contributed by atoms with Gasteiger partial charge in [0.05, 0.1) is 11.3 Å². The van der Waals surface area contributed by atoms with Crippen LogP contribution in [0.2, 0.25) is 0 Å². The highest BCUT2D eigenvalue weighted by Gasteiger charge is 2.29. The molecule has 27 heavy (non-hydrogen) atoms. The van der Waals surface area contributed by atoms with E-state index in [9.17, 15) is 22.0 Å². The van der Waals surface area contributed by atoms with Crippen LogP contribution in [0.5, 0.6) is 5.75 Å². The van der Waals surface area contributed by atoms with Crippen molar-refractivity contribution in [2.45, 2.75) is 13.0 Å². The molecule has 0 radical (unpaired) electrons. The fourth-order valence-corrected chi connectivity index (χ4v) is 3.63. The van der Waals surface area contributed by atoms with Crippen LogP contribution in [0.3, 0.4) is 0 Å². The Labute approximate surface area is 155 Å². The van der Waals surface area contributed by atoms with E-state index in [1.807, 2.05) is 0 Å². The van der Waals surface area contributed by atoms with Gasteiger partial charge in [0.15, 0.2) is 5.84 Å². The van der Waals surface area contributed by atoms with Crippen molar-refractivity contribution in [2.75, 3.05) is 18.8 Å². The molecule has 0 spiro atoms. The molecule has 2 aliphatic rings. The Bertz CT molecular complexity index is 909. The van der Waals surface area contributed by atoms with Crippen molar-refractivity contribution in [2.24, 2.45) is 4.40 Å². The minimum absolute atomic E-state index is 0.0635. The average Bonchev–Trinajstić information content (AvgIpc) is 2.61. The number of carbonyl (C=O) groups excluding carboxylic acids is 1. The lowest BCUT2D eigenvalue weighted by Gasteiger charge is -2.28. The standard InChI is InChI=1S/C17H17F2N3O4S/c18-17(19)26-13-5-3-12(4-6-13)7-8-20-16(23)14-2-1-9-22-10-11-27(24,25)21-15(14)22/h1-6,9,17H,7-8,10-11H2,(H,20,23). The second kappa shape index (κ2) is 7.87. The van der Waals surface area contributed by atoms with Crippen LogP contribution in [0, 0.1) is 0 Å². The van der Waals surface area contributed by atoms with Gasteiger partial charge in [0, 0.05) is 19.3 Å². The van der Waals surface area contributed by atoms with Gasteiger partial charge in [0.2, 0.25) is 0 Å². The summed E-state index contributed by atoms with van der Waals surface area (Å²) in [5, 5.41) is 2.71. The van der Waals surface area contributed by atoms with E-state index in [2.05, 4.69) is 14.5 Å². The summed E-state index contributed by atoms with van der Waals surface area (Å²) < 4.78 is 55.6. The fraction of sp³-hybridized carbons (Fsp3) is 0.294. The lowest BCUT2D eigenvalue weighted by molar-refractivity contribution is -0.117. The van der Waals surface area contributed by atoms with Gasteiger partial charge in [-0.2, -0.15) is 8.78 Å². The van der Waals surface area contributed by atoms with Crippen molar-refractivity contribution in [3.05, 3.63) is 53.8 Å². The van der Waals surface area contributed by atoms with Crippen LogP contribution in [0.25, 0.3) is 0 Å². The number of fused-ring (bicyclic) bond motifs is 1. The highest BCUT2D eigenvalue weighted by Crippen LogP contribution is 2.18. The number of hydrogen-bond donors (Lipinski definition) is 1. The first-order valence-electron chi connectivity index (χ1n) is 8.14. The van der Waals surface area contributed by atoms with Gasteiger partial charge in [-0.1, -0.05) is 12.1 Å². The Hall–Kier alpha value is -2.75. The Morgan fingerprint density at radius 3 is 2.74 bits per heavy atom. The van der Waals surface area contributed by atoms with Crippen molar-refractivity contribution in [3.8, 4) is 5.75 Å². The van der Waals surface area contributed by atoms with Gasteiger partial charge in [-0.05, 0) is 36.3 Å². The Morgan fingerprint density at radius 2 is 2.04 bits per heavy atom. The normalized spacial score (nSPS) is 17.8. The number of halogens is 2. The zero-order chi connectivity index (χ0) is 19.4. The molecule has 7 nitrogen and oxygen atoms in total. The van der Waals surface area contributed by atoms with Crippen molar-refractivity contribution >= 4 is 21.8 Å². The molecule has 0 bridgehead atoms. The van der Waals surface area contributed by atoms with E-state index < -0.39 is 22.5 Å². The minimum atomic E-state index is -3.57. The van der Waals surface area contributed by atoms with Gasteiger partial charge >= 0.3 is 6.61 Å². The van der Waals surface area contributed by atoms with E-state index in [-0.39, 0.29) is 36.0 Å². The number of amides is 1. The third kappa shape index (κ3) is 4.91. The number of amidine groups is 1. The SMILES string of the molecule is O=C(NCCc1ccc(OC(F)F)cc1)C1=CC=CN2CCS(=O)(=O)N=C12. The maximum Gasteiger partial charge on any atom is 0.387 e. The van der Waals surface area contributed by atoms with E-state index >= 15 is 0 Å². The Kier molecular flexibility index (Phi) is 5.54. The topological polar surface area (TPSA) is 88.1 Å². The maximum absolute atomic E-state index is 12.4. The molecule has 1 aromatic rings. The molecule has 1 N–H and O–H groups in total. The first-order valence-corrected chi connectivity index (χ1v) is 9.75. The molecule has 0 saturated carbocycles. The highest BCUT2D eigenvalue weighted by atomic mass is 32.2. The third-order valence-electron chi connectivity index (χ3n) is 3.95. The number of ether oxygens (including phenoxy) is 1. The lowest BCUT2D eigenvalue weighted by Crippen LogP contribution is -2.42. The van der Waals surface area contributed by atoms with E-state index in [1.54, 1.807) is 29.3 Å². The molecule has 2 heterocycles. The molecule has 2 aliphatic heterocycles. The molecule has 1 amide bonds. The zero-order valence-corrected chi connectivity index (χ0v) is 15.0. The number of alkyl halides is 2. The van der Waals surface area contributed by atoms with E-state index in [4.69, 9.17) is 0 Å². The number of nitrogens with one attached hydrogen (secondary N) is 1. The third-order valence-corrected chi connectivity index (χ3v) is 5.10. The molecular formula is C17H17F2N3O4S. The summed E-state index contributed by atoms with van der Waals surface area (Å²) in [6.45, 7) is -2.34. The van der Waals surface area contributed by atoms with Gasteiger partial charge in [0.1, 0.15) is 5.75 Å². The van der Waals surface area contributed by atoms with Crippen LogP contribution in [0.15, 0.2) is 52.6 Å². The molecule has 144 valence electrons. The Balaban J connectivity index is 1.58. The second-order valence-corrected chi connectivity index (χ2v) is 7.60. The van der Waals surface area contributed by atoms with Crippen molar-refractivity contribution in [1.29, 1.82) is 0 Å². The first kappa shape index (κ1) is 19.0. The number of hydrogen-bond acceptors (Lipinski definition) is 5. The number of allylic oxidation sites excluding steroid dienone is 2. The first-order chi connectivity index (χ1) is 12.8. The van der Waals surface area contributed by atoms with Crippen LogP contribution >= 0.6 is 0 Å². The van der Waals surface area contributed by atoms with Crippen LogP contribution in [-0.4, -0.2) is 50.5 Å². The summed E-state index contributed by atoms with van der Waals surface area (Å²) in [7, 11) is -3.57. The minimum Gasteiger partial charge on any atom is -0.435 e. The van der Waals surface area contributed by atoms with Crippen molar-refractivity contribution in [1.82, 2.24) is 10.2 Å². The molecule has 0 aliphatic carbocycles. The van der Waals surface area contributed by atoms with Crippen LogP contribution < -0.4 is 10.1 Å². The smallest absolute Gasteiger partial charge is 0.387 e. The predicted molar refractivity (Wildman–Crippen MR) is 94.9 cm³/mol. The van der Waals surface area contributed by atoms with Gasteiger partial charge in [-0.25, -0.2) is 8.42 Å². The summed E-state index contributed by atoms with van der Waals surface area (Å²) in [5.41, 5.74) is 1.01. The summed E-state index contributed by atoms with van der Waals surface area (Å²) in [4.78, 5) is 14.0. The van der Waals surface area contributed by atoms with Crippen LogP contribution in [0.1, 0.15) is 5.56 Å². The number of benzene rings is 1. The van der Waals surface area contributed by atoms with Gasteiger partial charge in [0.25, 0.3) is 15.9 Å². The van der Waals surface area contributed by atoms with Gasteiger partial charge < -0.3 is 15.0 Å². The number of nitrogens with zero attached hydrogens (tertiary/aromatic N) is 2. The van der Waals surface area contributed by atoms with Gasteiger partial charge in [-0.15, -0.1) is 4.40 Å². The molecule has 3 rings (SSSR count). The second-order valence-electron chi connectivity index (χ2n) is 5.84. The van der Waals surface area contributed by atoms with Crippen LogP contribution in [0.4, 0.5) is 8.78 Å². The van der Waals surface area contributed by atoms with Crippen molar-refractivity contribution in [3.63, 3.8) is 0 Å². The molecular weight excluding hydrogens is 380 g/mol. The van der Waals surface area contributed by atoms with Crippen LogP contribution in [-0.2, 0) is 21.2 Å². The molecule has 0 saturated heterocycles. The number of carbonyl (C=O) groups is 1. The largest absolute Gasteiger partial charge is 0.435 e. The van der Waals surface area contributed by atoms with Crippen molar-refractivity contribution < 1.29 is 26.7 Å². The molecule has 1 aromatic carbocycles. The zero-order valence-electron chi connectivity index (χ0n) is 14.1. The molecule has 0 unspecified atom stereocenters. The van der Waals surface area contributed by atoms with Gasteiger partial charge in [-0.3, -0.25) is 4.79 Å². The Morgan fingerprint density at radius 1 is 1.30 bits per heavy atom. The summed E-state index contributed by atoms with van der Waals surface area (Å²) in [5.74, 6) is -0.345. The maximum atomic E-state index is 12.4. The fourth-order valence-electron chi connectivity index (χ4n) is 2.65. The van der Waals surface area contributed by atoms with E-state index in [1.165, 1.54) is 18.2 Å². The summed E-state index contributed by atoms with van der Waals surface area (Å²) in [6.07, 6.45) is 5.32. The molecule has 0 fully saturated rings. The predicted octanol–water partition coefficient (Wildman–Crippen LogP) is 1.44. The highest BCUT2D eigenvalue weighted by molar-refractivity contribution is 7.90. The number of rotatable bonds is 6. The lowest BCUT2D eigenvalue weighted by atomic mass is 10.1. The summed E-state index contributed by atoms with van der Waals surface area (Å²) >= 11 is 0. The van der Waals surface area contributed by atoms with E-state index in [0.29, 0.717) is 6.42 Å².